The van der Waals surface area contributed by atoms with E-state index in [1.807, 2.05) is 49.0 Å². The van der Waals surface area contributed by atoms with Crippen LogP contribution in [-0.4, -0.2) is 27.2 Å². The molecular formula is C26H30N4O4. The van der Waals surface area contributed by atoms with Gasteiger partial charge in [-0.1, -0.05) is 69.3 Å². The first-order valence-electron chi connectivity index (χ1n) is 11.2. The summed E-state index contributed by atoms with van der Waals surface area (Å²) in [5, 5.41) is 4.28. The summed E-state index contributed by atoms with van der Waals surface area (Å²) in [6, 6.07) is 17.7. The van der Waals surface area contributed by atoms with Crippen LogP contribution in [0.2, 0.25) is 0 Å². The van der Waals surface area contributed by atoms with E-state index in [4.69, 9.17) is 0 Å². The highest BCUT2D eigenvalue weighted by molar-refractivity contribution is 6.22. The van der Waals surface area contributed by atoms with Gasteiger partial charge in [-0.25, -0.2) is 9.48 Å². The highest BCUT2D eigenvalue weighted by Crippen LogP contribution is 2.30. The molecule has 0 bridgehead atoms. The standard InChI is InChI=1S/C14H18N2O.C12H12N2O3/c1-10(2)13-11(3)15(4)16(14(13)17)12-8-6-5-7-9-12;1-2-12(8-6-4-3-5-7-8)9(15)13-11(17)14-10(12)16/h5-10H,1-4H3;3-7H,2H2,1H3,(H2,13,14,15,16,17). The Hall–Kier alpha value is -3.94. The summed E-state index contributed by atoms with van der Waals surface area (Å²) < 4.78 is 3.65. The van der Waals surface area contributed by atoms with Gasteiger partial charge in [0.05, 0.1) is 5.69 Å². The number of carbonyl (C=O) groups excluding carboxylic acids is 3. The van der Waals surface area contributed by atoms with Crippen molar-refractivity contribution in [1.82, 2.24) is 20.0 Å². The Morgan fingerprint density at radius 3 is 1.79 bits per heavy atom. The maximum atomic E-state index is 12.4. The normalized spacial score (nSPS) is 14.8. The maximum Gasteiger partial charge on any atom is 0.328 e. The van der Waals surface area contributed by atoms with Crippen LogP contribution in [0.25, 0.3) is 5.69 Å². The lowest BCUT2D eigenvalue weighted by atomic mass is 9.75. The zero-order valence-electron chi connectivity index (χ0n) is 20.1. The van der Waals surface area contributed by atoms with E-state index in [2.05, 4.69) is 24.5 Å². The molecule has 0 spiro atoms. The first kappa shape index (κ1) is 24.7. The molecule has 2 heterocycles. The SMILES string of the molecule is CCC1(c2ccccc2)C(=O)NC(=O)NC1=O.Cc1c(C(C)C)c(=O)n(-c2ccccc2)n1C. The van der Waals surface area contributed by atoms with Crippen LogP contribution in [0.3, 0.4) is 0 Å². The molecule has 2 aromatic carbocycles. The van der Waals surface area contributed by atoms with Gasteiger partial charge in [0.1, 0.15) is 0 Å². The van der Waals surface area contributed by atoms with Crippen LogP contribution in [-0.2, 0) is 22.1 Å². The molecule has 0 atom stereocenters. The lowest BCUT2D eigenvalue weighted by Gasteiger charge is -2.33. The van der Waals surface area contributed by atoms with E-state index in [0.717, 1.165) is 16.9 Å². The number of imide groups is 2. The summed E-state index contributed by atoms with van der Waals surface area (Å²) in [5.41, 5.74) is 2.21. The van der Waals surface area contributed by atoms with Crippen LogP contribution in [0.15, 0.2) is 65.5 Å². The zero-order valence-corrected chi connectivity index (χ0v) is 20.1. The molecule has 178 valence electrons. The minimum atomic E-state index is -1.31. The fourth-order valence-electron chi connectivity index (χ4n) is 4.32. The van der Waals surface area contributed by atoms with Gasteiger partial charge in [0.2, 0.25) is 11.8 Å². The Morgan fingerprint density at radius 1 is 0.853 bits per heavy atom. The van der Waals surface area contributed by atoms with Gasteiger partial charge in [0, 0.05) is 18.3 Å². The predicted octanol–water partition coefficient (Wildman–Crippen LogP) is 3.31. The number of hydrogen-bond donors (Lipinski definition) is 2. The van der Waals surface area contributed by atoms with E-state index in [1.165, 1.54) is 0 Å². The third kappa shape index (κ3) is 4.31. The van der Waals surface area contributed by atoms with Gasteiger partial charge in [0.25, 0.3) is 5.56 Å². The fraction of sp³-hybridized carbons (Fsp3) is 0.308. The summed E-state index contributed by atoms with van der Waals surface area (Å²) in [7, 11) is 1.93. The van der Waals surface area contributed by atoms with Crippen molar-refractivity contribution in [1.29, 1.82) is 0 Å². The lowest BCUT2D eigenvalue weighted by molar-refractivity contribution is -0.138. The number of nitrogens with one attached hydrogen (secondary N) is 2. The molecule has 1 saturated heterocycles. The molecule has 1 fully saturated rings. The summed E-state index contributed by atoms with van der Waals surface area (Å²) in [6.45, 7) is 7.84. The number of hydrogen-bond acceptors (Lipinski definition) is 4. The van der Waals surface area contributed by atoms with Crippen molar-refractivity contribution in [3.8, 4) is 5.69 Å². The minimum absolute atomic E-state index is 0.0891. The molecule has 1 aromatic heterocycles. The zero-order chi connectivity index (χ0) is 25.0. The van der Waals surface area contributed by atoms with Crippen LogP contribution in [0, 0.1) is 6.92 Å². The van der Waals surface area contributed by atoms with Crippen LogP contribution in [0.1, 0.15) is 49.9 Å². The molecule has 1 aliphatic rings. The molecule has 0 unspecified atom stereocenters. The second-order valence-corrected chi connectivity index (χ2v) is 8.49. The molecule has 1 aliphatic heterocycles. The van der Waals surface area contributed by atoms with Crippen LogP contribution >= 0.6 is 0 Å². The molecule has 3 aromatic rings. The molecule has 4 rings (SSSR count). The van der Waals surface area contributed by atoms with Gasteiger partial charge in [-0.3, -0.25) is 29.7 Å². The number of barbiturate groups is 1. The third-order valence-corrected chi connectivity index (χ3v) is 6.20. The summed E-state index contributed by atoms with van der Waals surface area (Å²) >= 11 is 0. The smallest absolute Gasteiger partial charge is 0.285 e. The van der Waals surface area contributed by atoms with E-state index >= 15 is 0 Å². The van der Waals surface area contributed by atoms with Crippen molar-refractivity contribution in [3.05, 3.63) is 87.8 Å². The van der Waals surface area contributed by atoms with Crippen LogP contribution in [0.5, 0.6) is 0 Å². The van der Waals surface area contributed by atoms with Crippen LogP contribution in [0.4, 0.5) is 4.79 Å². The number of benzene rings is 2. The van der Waals surface area contributed by atoms with Crippen LogP contribution < -0.4 is 16.2 Å². The van der Waals surface area contributed by atoms with Gasteiger partial charge < -0.3 is 0 Å². The Bertz CT molecular complexity index is 1240. The van der Waals surface area contributed by atoms with Crippen molar-refractivity contribution >= 4 is 17.8 Å². The average molecular weight is 463 g/mol. The second kappa shape index (κ2) is 9.91. The van der Waals surface area contributed by atoms with Gasteiger partial charge >= 0.3 is 6.03 Å². The van der Waals surface area contributed by atoms with Crippen molar-refractivity contribution in [3.63, 3.8) is 0 Å². The number of nitrogens with zero attached hydrogens (tertiary/aromatic N) is 2. The Morgan fingerprint density at radius 2 is 1.35 bits per heavy atom. The number of para-hydroxylation sites is 1. The van der Waals surface area contributed by atoms with Crippen molar-refractivity contribution in [2.45, 2.75) is 45.4 Å². The summed E-state index contributed by atoms with van der Waals surface area (Å²) in [5.74, 6) is -0.890. The fourth-order valence-corrected chi connectivity index (χ4v) is 4.32. The summed E-state index contributed by atoms with van der Waals surface area (Å²) in [4.78, 5) is 47.4. The molecule has 8 nitrogen and oxygen atoms in total. The number of rotatable bonds is 4. The van der Waals surface area contributed by atoms with E-state index in [0.29, 0.717) is 12.0 Å². The van der Waals surface area contributed by atoms with E-state index in [-0.39, 0.29) is 11.5 Å². The van der Waals surface area contributed by atoms with Crippen molar-refractivity contribution < 1.29 is 14.4 Å². The van der Waals surface area contributed by atoms with Gasteiger partial charge in [0.15, 0.2) is 5.41 Å². The van der Waals surface area contributed by atoms with Crippen molar-refractivity contribution in [2.75, 3.05) is 0 Å². The van der Waals surface area contributed by atoms with Gasteiger partial charge in [-0.2, -0.15) is 0 Å². The molecule has 4 amide bonds. The highest BCUT2D eigenvalue weighted by Gasteiger charge is 2.50. The average Bonchev–Trinajstić information content (AvgIpc) is 3.03. The quantitative estimate of drug-likeness (QED) is 0.581. The van der Waals surface area contributed by atoms with E-state index in [1.54, 1.807) is 41.9 Å². The first-order valence-corrected chi connectivity index (χ1v) is 11.2. The monoisotopic (exact) mass is 462 g/mol. The Balaban J connectivity index is 0.000000191. The Labute approximate surface area is 198 Å². The lowest BCUT2D eigenvalue weighted by Crippen LogP contribution is -2.64. The molecule has 0 aliphatic carbocycles. The minimum Gasteiger partial charge on any atom is -0.285 e. The molecular weight excluding hydrogens is 432 g/mol. The molecule has 2 N–H and O–H groups in total. The summed E-state index contributed by atoms with van der Waals surface area (Å²) in [6.07, 6.45) is 0.294. The number of aromatic nitrogens is 2. The molecule has 8 heteroatoms. The number of urea groups is 1. The molecule has 0 saturated carbocycles. The van der Waals surface area contributed by atoms with Gasteiger partial charge in [-0.15, -0.1) is 0 Å². The van der Waals surface area contributed by atoms with Gasteiger partial charge in [-0.05, 0) is 37.0 Å². The number of carbonyl (C=O) groups is 3. The molecule has 0 radical (unpaired) electrons. The predicted molar refractivity (Wildman–Crippen MR) is 130 cm³/mol. The highest BCUT2D eigenvalue weighted by atomic mass is 16.2. The first-order chi connectivity index (χ1) is 16.1. The van der Waals surface area contributed by atoms with E-state index in [9.17, 15) is 19.2 Å². The maximum absolute atomic E-state index is 12.4. The number of amides is 4. The largest absolute Gasteiger partial charge is 0.328 e. The Kier molecular flexibility index (Phi) is 7.20. The van der Waals surface area contributed by atoms with Crippen molar-refractivity contribution in [2.24, 2.45) is 7.05 Å². The third-order valence-electron chi connectivity index (χ3n) is 6.20. The topological polar surface area (TPSA) is 102 Å². The second-order valence-electron chi connectivity index (χ2n) is 8.49. The van der Waals surface area contributed by atoms with E-state index < -0.39 is 23.3 Å². The molecule has 34 heavy (non-hydrogen) atoms.